The number of rotatable bonds is 6. The van der Waals surface area contributed by atoms with Crippen LogP contribution in [0.3, 0.4) is 0 Å². The zero-order chi connectivity index (χ0) is 13.7. The van der Waals surface area contributed by atoms with E-state index in [4.69, 9.17) is 9.47 Å². The molecule has 2 rings (SSSR count). The summed E-state index contributed by atoms with van der Waals surface area (Å²) in [6, 6.07) is 0. The van der Waals surface area contributed by atoms with E-state index in [1.165, 1.54) is 32.1 Å². The molecule has 1 aliphatic carbocycles. The van der Waals surface area contributed by atoms with Crippen molar-refractivity contribution in [3.63, 3.8) is 0 Å². The highest BCUT2D eigenvalue weighted by Gasteiger charge is 2.32. The van der Waals surface area contributed by atoms with E-state index in [1.54, 1.807) is 0 Å². The fourth-order valence-corrected chi connectivity index (χ4v) is 3.75. The van der Waals surface area contributed by atoms with Crippen LogP contribution in [0.15, 0.2) is 0 Å². The van der Waals surface area contributed by atoms with Crippen molar-refractivity contribution in [2.24, 2.45) is 11.3 Å². The lowest BCUT2D eigenvalue weighted by Crippen LogP contribution is -2.35. The molecule has 0 aromatic carbocycles. The molecule has 2 aliphatic rings. The predicted molar refractivity (Wildman–Crippen MR) is 78.4 cm³/mol. The van der Waals surface area contributed by atoms with Gasteiger partial charge in [0.2, 0.25) is 0 Å². The molecule has 3 nitrogen and oxygen atoms in total. The molecule has 0 radical (unpaired) electrons. The Hall–Kier alpha value is -0.120. The molecule has 19 heavy (non-hydrogen) atoms. The highest BCUT2D eigenvalue weighted by atomic mass is 16.5. The summed E-state index contributed by atoms with van der Waals surface area (Å²) < 4.78 is 11.6. The minimum Gasteiger partial charge on any atom is -0.377 e. The number of hydrogen-bond donors (Lipinski definition) is 1. The molecule has 1 aliphatic heterocycles. The Morgan fingerprint density at radius 2 is 2.16 bits per heavy atom. The highest BCUT2D eigenvalue weighted by molar-refractivity contribution is 4.83. The molecule has 3 heteroatoms. The second-order valence-corrected chi connectivity index (χ2v) is 7.25. The summed E-state index contributed by atoms with van der Waals surface area (Å²) in [7, 11) is 0. The summed E-state index contributed by atoms with van der Waals surface area (Å²) in [5, 5.41) is 3.45. The van der Waals surface area contributed by atoms with Crippen molar-refractivity contribution in [1.29, 1.82) is 0 Å². The van der Waals surface area contributed by atoms with Crippen LogP contribution in [0.1, 0.15) is 52.9 Å². The third kappa shape index (κ3) is 5.41. The molecule has 1 N–H and O–H groups in total. The predicted octanol–water partition coefficient (Wildman–Crippen LogP) is 2.99. The molecule has 112 valence electrons. The van der Waals surface area contributed by atoms with Gasteiger partial charge >= 0.3 is 0 Å². The summed E-state index contributed by atoms with van der Waals surface area (Å²) in [6.07, 6.45) is 7.11. The first-order valence-electron chi connectivity index (χ1n) is 7.99. The van der Waals surface area contributed by atoms with Gasteiger partial charge in [-0.15, -0.1) is 0 Å². The maximum atomic E-state index is 6.05. The third-order valence-corrected chi connectivity index (χ3v) is 4.37. The van der Waals surface area contributed by atoms with E-state index >= 15 is 0 Å². The van der Waals surface area contributed by atoms with E-state index in [9.17, 15) is 0 Å². The maximum absolute atomic E-state index is 6.05. The standard InChI is InChI=1S/C16H31NO2/c1-13-9-15(11-16(2,3)10-13)19-8-6-17-12-14-5-4-7-18-14/h13-15,17H,4-12H2,1-3H3. The van der Waals surface area contributed by atoms with Gasteiger partial charge in [-0.3, -0.25) is 0 Å². The van der Waals surface area contributed by atoms with Gasteiger partial charge in [-0.25, -0.2) is 0 Å². The molecule has 3 unspecified atom stereocenters. The fourth-order valence-electron chi connectivity index (χ4n) is 3.75. The highest BCUT2D eigenvalue weighted by Crippen LogP contribution is 2.39. The van der Waals surface area contributed by atoms with Crippen LogP contribution in [0.2, 0.25) is 0 Å². The van der Waals surface area contributed by atoms with Crippen molar-refractivity contribution >= 4 is 0 Å². The molecule has 0 spiro atoms. The van der Waals surface area contributed by atoms with Gasteiger partial charge in [0.15, 0.2) is 0 Å². The molecule has 0 aromatic heterocycles. The van der Waals surface area contributed by atoms with E-state index in [-0.39, 0.29) is 0 Å². The Labute approximate surface area is 118 Å². The van der Waals surface area contributed by atoms with Crippen LogP contribution < -0.4 is 5.32 Å². The summed E-state index contributed by atoms with van der Waals surface area (Å²) in [6.45, 7) is 10.8. The van der Waals surface area contributed by atoms with Gasteiger partial charge in [-0.05, 0) is 43.4 Å². The van der Waals surface area contributed by atoms with E-state index in [0.29, 0.717) is 17.6 Å². The minimum absolute atomic E-state index is 0.439. The fraction of sp³-hybridized carbons (Fsp3) is 1.00. The maximum Gasteiger partial charge on any atom is 0.0700 e. The molecule has 0 bridgehead atoms. The van der Waals surface area contributed by atoms with Crippen LogP contribution in [-0.2, 0) is 9.47 Å². The van der Waals surface area contributed by atoms with Crippen LogP contribution in [0, 0.1) is 11.3 Å². The SMILES string of the molecule is CC1CC(OCCNCC2CCCO2)CC(C)(C)C1. The monoisotopic (exact) mass is 269 g/mol. The zero-order valence-electron chi connectivity index (χ0n) is 12.9. The first-order valence-corrected chi connectivity index (χ1v) is 7.99. The van der Waals surface area contributed by atoms with Gasteiger partial charge in [0.25, 0.3) is 0 Å². The molecular formula is C16H31NO2. The minimum atomic E-state index is 0.439. The summed E-state index contributed by atoms with van der Waals surface area (Å²) in [5.74, 6) is 0.800. The van der Waals surface area contributed by atoms with Crippen molar-refractivity contribution in [2.45, 2.75) is 65.1 Å². The average molecular weight is 269 g/mol. The quantitative estimate of drug-likeness (QED) is 0.752. The second kappa shape index (κ2) is 7.05. The lowest BCUT2D eigenvalue weighted by molar-refractivity contribution is -0.0218. The van der Waals surface area contributed by atoms with Gasteiger partial charge in [-0.1, -0.05) is 20.8 Å². The summed E-state index contributed by atoms with van der Waals surface area (Å²) in [5.41, 5.74) is 0.452. The Kier molecular flexibility index (Phi) is 5.67. The molecular weight excluding hydrogens is 238 g/mol. The van der Waals surface area contributed by atoms with Crippen LogP contribution in [0.5, 0.6) is 0 Å². The van der Waals surface area contributed by atoms with Gasteiger partial charge in [0.1, 0.15) is 0 Å². The van der Waals surface area contributed by atoms with Gasteiger partial charge in [0.05, 0.1) is 18.8 Å². The van der Waals surface area contributed by atoms with Crippen LogP contribution in [0.4, 0.5) is 0 Å². The van der Waals surface area contributed by atoms with Crippen molar-refractivity contribution in [3.8, 4) is 0 Å². The van der Waals surface area contributed by atoms with Crippen molar-refractivity contribution in [3.05, 3.63) is 0 Å². The molecule has 3 atom stereocenters. The Balaban J connectivity index is 1.55. The Bertz CT molecular complexity index is 261. The zero-order valence-corrected chi connectivity index (χ0v) is 12.9. The number of ether oxygens (including phenoxy) is 2. The summed E-state index contributed by atoms with van der Waals surface area (Å²) in [4.78, 5) is 0. The summed E-state index contributed by atoms with van der Waals surface area (Å²) >= 11 is 0. The van der Waals surface area contributed by atoms with E-state index in [1.807, 2.05) is 0 Å². The molecule has 1 saturated heterocycles. The first kappa shape index (κ1) is 15.3. The van der Waals surface area contributed by atoms with E-state index in [2.05, 4.69) is 26.1 Å². The van der Waals surface area contributed by atoms with Crippen molar-refractivity contribution in [1.82, 2.24) is 5.32 Å². The van der Waals surface area contributed by atoms with Crippen LogP contribution >= 0.6 is 0 Å². The Morgan fingerprint density at radius 1 is 1.32 bits per heavy atom. The smallest absolute Gasteiger partial charge is 0.0700 e. The first-order chi connectivity index (χ1) is 9.05. The lowest BCUT2D eigenvalue weighted by atomic mass is 9.71. The number of nitrogens with one attached hydrogen (secondary N) is 1. The van der Waals surface area contributed by atoms with Crippen molar-refractivity contribution < 1.29 is 9.47 Å². The molecule has 0 aromatic rings. The number of hydrogen-bond acceptors (Lipinski definition) is 3. The normalized spacial score (nSPS) is 34.6. The Morgan fingerprint density at radius 3 is 2.84 bits per heavy atom. The van der Waals surface area contributed by atoms with Crippen LogP contribution in [0.25, 0.3) is 0 Å². The molecule has 1 heterocycles. The van der Waals surface area contributed by atoms with E-state index < -0.39 is 0 Å². The van der Waals surface area contributed by atoms with Crippen molar-refractivity contribution in [2.75, 3.05) is 26.3 Å². The van der Waals surface area contributed by atoms with Gasteiger partial charge in [0, 0.05) is 19.7 Å². The third-order valence-electron chi connectivity index (χ3n) is 4.37. The largest absolute Gasteiger partial charge is 0.377 e. The molecule has 2 fully saturated rings. The lowest BCUT2D eigenvalue weighted by Gasteiger charge is -2.38. The topological polar surface area (TPSA) is 30.5 Å². The molecule has 1 saturated carbocycles. The molecule has 0 amide bonds. The second-order valence-electron chi connectivity index (χ2n) is 7.25. The average Bonchev–Trinajstić information content (AvgIpc) is 2.78. The van der Waals surface area contributed by atoms with E-state index in [0.717, 1.165) is 32.2 Å². The van der Waals surface area contributed by atoms with Gasteiger partial charge in [-0.2, -0.15) is 0 Å². The van der Waals surface area contributed by atoms with Crippen LogP contribution in [-0.4, -0.2) is 38.5 Å². The van der Waals surface area contributed by atoms with Gasteiger partial charge < -0.3 is 14.8 Å².